The van der Waals surface area contributed by atoms with E-state index in [0.29, 0.717) is 12.8 Å². The molecule has 0 heterocycles. The van der Waals surface area contributed by atoms with Gasteiger partial charge in [-0.1, -0.05) is 0 Å². The Balaban J connectivity index is 2.54. The molecule has 3 N–H and O–H groups in total. The van der Waals surface area contributed by atoms with Crippen LogP contribution in [0, 0.1) is 0 Å². The Morgan fingerprint density at radius 1 is 1.47 bits per heavy atom. The molecule has 4 nitrogen and oxygen atoms in total. The highest BCUT2D eigenvalue weighted by Crippen LogP contribution is 2.32. The lowest BCUT2D eigenvalue weighted by Gasteiger charge is -2.36. The second-order valence-electron chi connectivity index (χ2n) is 5.43. The van der Waals surface area contributed by atoms with Crippen molar-refractivity contribution in [2.24, 2.45) is 5.73 Å². The number of alkyl halides is 2. The zero-order valence-electron chi connectivity index (χ0n) is 10.4. The minimum Gasteiger partial charge on any atom is -0.444 e. The van der Waals surface area contributed by atoms with Crippen LogP contribution in [0.3, 0.4) is 0 Å². The van der Waals surface area contributed by atoms with Gasteiger partial charge in [0.1, 0.15) is 5.60 Å². The largest absolute Gasteiger partial charge is 0.444 e. The van der Waals surface area contributed by atoms with E-state index in [1.807, 2.05) is 0 Å². The average Bonchev–Trinajstić information content (AvgIpc) is 2.09. The standard InChI is InChI=1S/C11H20F2N2O2/c1-10(2,3)17-9(16)15-7-5-4-6-11(12,13)8(7)14/h7-8H,4-6,14H2,1-3H3,(H,15,16)/t7-,8+/m0/s1. The van der Waals surface area contributed by atoms with Crippen LogP contribution in [0.5, 0.6) is 0 Å². The number of alkyl carbamates (subject to hydrolysis) is 1. The van der Waals surface area contributed by atoms with Crippen LogP contribution in [-0.4, -0.2) is 29.7 Å². The van der Waals surface area contributed by atoms with E-state index < -0.39 is 29.7 Å². The van der Waals surface area contributed by atoms with Crippen LogP contribution in [0.1, 0.15) is 40.0 Å². The first-order chi connectivity index (χ1) is 7.62. The lowest BCUT2D eigenvalue weighted by atomic mass is 9.88. The zero-order valence-corrected chi connectivity index (χ0v) is 10.4. The second-order valence-corrected chi connectivity index (χ2v) is 5.43. The number of nitrogens with one attached hydrogen (secondary N) is 1. The molecule has 17 heavy (non-hydrogen) atoms. The number of halogens is 2. The van der Waals surface area contributed by atoms with Crippen molar-refractivity contribution in [1.29, 1.82) is 0 Å². The summed E-state index contributed by atoms with van der Waals surface area (Å²) in [7, 11) is 0. The third-order valence-corrected chi connectivity index (χ3v) is 2.65. The number of amides is 1. The Morgan fingerprint density at radius 3 is 2.59 bits per heavy atom. The molecule has 6 heteroatoms. The predicted molar refractivity (Wildman–Crippen MR) is 59.9 cm³/mol. The maximum Gasteiger partial charge on any atom is 0.407 e. The van der Waals surface area contributed by atoms with E-state index in [2.05, 4.69) is 5.32 Å². The first-order valence-electron chi connectivity index (χ1n) is 5.75. The number of hydrogen-bond acceptors (Lipinski definition) is 3. The van der Waals surface area contributed by atoms with Crippen molar-refractivity contribution in [3.8, 4) is 0 Å². The summed E-state index contributed by atoms with van der Waals surface area (Å²) in [5, 5.41) is 2.41. The molecule has 0 aromatic heterocycles. The molecule has 0 spiro atoms. The Morgan fingerprint density at radius 2 is 2.06 bits per heavy atom. The summed E-state index contributed by atoms with van der Waals surface area (Å²) < 4.78 is 31.6. The topological polar surface area (TPSA) is 64.3 Å². The number of carbonyl (C=O) groups excluding carboxylic acids is 1. The van der Waals surface area contributed by atoms with Crippen molar-refractivity contribution in [1.82, 2.24) is 5.32 Å². The third-order valence-electron chi connectivity index (χ3n) is 2.65. The van der Waals surface area contributed by atoms with E-state index in [9.17, 15) is 13.6 Å². The summed E-state index contributed by atoms with van der Waals surface area (Å²) in [5.41, 5.74) is 4.80. The fraction of sp³-hybridized carbons (Fsp3) is 0.909. The van der Waals surface area contributed by atoms with Crippen molar-refractivity contribution >= 4 is 6.09 Å². The minimum atomic E-state index is -2.92. The first kappa shape index (κ1) is 14.2. The van der Waals surface area contributed by atoms with Gasteiger partial charge in [-0.15, -0.1) is 0 Å². The maximum atomic E-state index is 13.3. The van der Waals surface area contributed by atoms with Gasteiger partial charge in [0, 0.05) is 6.42 Å². The van der Waals surface area contributed by atoms with Crippen molar-refractivity contribution in [2.75, 3.05) is 0 Å². The first-order valence-corrected chi connectivity index (χ1v) is 5.75. The lowest BCUT2D eigenvalue weighted by molar-refractivity contribution is -0.0629. The predicted octanol–water partition coefficient (Wildman–Crippen LogP) is 2.03. The Bertz CT molecular complexity index is 290. The average molecular weight is 250 g/mol. The third kappa shape index (κ3) is 4.11. The molecule has 1 aliphatic carbocycles. The van der Waals surface area contributed by atoms with Gasteiger partial charge in [-0.3, -0.25) is 0 Å². The van der Waals surface area contributed by atoms with E-state index in [0.717, 1.165) is 0 Å². The molecular weight excluding hydrogens is 230 g/mol. The monoisotopic (exact) mass is 250 g/mol. The molecule has 0 aliphatic heterocycles. The van der Waals surface area contributed by atoms with Gasteiger partial charge >= 0.3 is 6.09 Å². The van der Waals surface area contributed by atoms with Crippen molar-refractivity contribution in [3.05, 3.63) is 0 Å². The van der Waals surface area contributed by atoms with Gasteiger partial charge in [0.05, 0.1) is 12.1 Å². The van der Waals surface area contributed by atoms with E-state index in [1.165, 1.54) is 0 Å². The molecular formula is C11H20F2N2O2. The molecule has 1 aliphatic rings. The van der Waals surface area contributed by atoms with Gasteiger partial charge in [0.2, 0.25) is 0 Å². The molecule has 100 valence electrons. The molecule has 2 atom stereocenters. The van der Waals surface area contributed by atoms with Gasteiger partial charge < -0.3 is 15.8 Å². The van der Waals surface area contributed by atoms with E-state index in [-0.39, 0.29) is 6.42 Å². The molecule has 0 bridgehead atoms. The summed E-state index contributed by atoms with van der Waals surface area (Å²) >= 11 is 0. The van der Waals surface area contributed by atoms with Crippen LogP contribution in [0.4, 0.5) is 13.6 Å². The van der Waals surface area contributed by atoms with Crippen molar-refractivity contribution in [3.63, 3.8) is 0 Å². The summed E-state index contributed by atoms with van der Waals surface area (Å²) in [6, 6.07) is -2.07. The molecule has 0 aromatic rings. The molecule has 1 saturated carbocycles. The number of rotatable bonds is 1. The van der Waals surface area contributed by atoms with Crippen LogP contribution < -0.4 is 11.1 Å². The second kappa shape index (κ2) is 4.76. The molecule has 0 aromatic carbocycles. The number of hydrogen-bond donors (Lipinski definition) is 2. The SMILES string of the molecule is CC(C)(C)OC(=O)N[C@H]1CCCC(F)(F)[C@@H]1N. The Hall–Kier alpha value is -0.910. The maximum absolute atomic E-state index is 13.3. The number of ether oxygens (including phenoxy) is 1. The van der Waals surface area contributed by atoms with Crippen LogP contribution in [0.25, 0.3) is 0 Å². The molecule has 0 saturated heterocycles. The molecule has 0 radical (unpaired) electrons. The summed E-state index contributed by atoms with van der Waals surface area (Å²) in [6.45, 7) is 5.13. The number of carbonyl (C=O) groups is 1. The summed E-state index contributed by atoms with van der Waals surface area (Å²) in [4.78, 5) is 11.4. The van der Waals surface area contributed by atoms with Crippen molar-refractivity contribution in [2.45, 2.75) is 63.6 Å². The van der Waals surface area contributed by atoms with Crippen LogP contribution in [0.2, 0.25) is 0 Å². The highest BCUT2D eigenvalue weighted by molar-refractivity contribution is 5.68. The highest BCUT2D eigenvalue weighted by atomic mass is 19.3. The number of nitrogens with two attached hydrogens (primary N) is 1. The molecule has 1 fully saturated rings. The van der Waals surface area contributed by atoms with Gasteiger partial charge in [-0.2, -0.15) is 0 Å². The van der Waals surface area contributed by atoms with Gasteiger partial charge in [0.15, 0.2) is 0 Å². The summed E-state index contributed by atoms with van der Waals surface area (Å²) in [6.07, 6.45) is -0.117. The quantitative estimate of drug-likeness (QED) is 0.748. The van der Waals surface area contributed by atoms with Crippen LogP contribution in [0.15, 0.2) is 0 Å². The molecule has 0 unspecified atom stereocenters. The zero-order chi connectivity index (χ0) is 13.3. The van der Waals surface area contributed by atoms with E-state index in [4.69, 9.17) is 10.5 Å². The van der Waals surface area contributed by atoms with Crippen LogP contribution in [-0.2, 0) is 4.74 Å². The lowest BCUT2D eigenvalue weighted by Crippen LogP contribution is -2.59. The van der Waals surface area contributed by atoms with Gasteiger partial charge in [0.25, 0.3) is 5.92 Å². The van der Waals surface area contributed by atoms with E-state index in [1.54, 1.807) is 20.8 Å². The normalized spacial score (nSPS) is 28.6. The Kier molecular flexibility index (Phi) is 3.96. The fourth-order valence-electron chi connectivity index (χ4n) is 1.82. The van der Waals surface area contributed by atoms with Gasteiger partial charge in [-0.05, 0) is 33.6 Å². The van der Waals surface area contributed by atoms with Gasteiger partial charge in [-0.25, -0.2) is 13.6 Å². The minimum absolute atomic E-state index is 0.222. The molecule has 1 amide bonds. The van der Waals surface area contributed by atoms with E-state index >= 15 is 0 Å². The summed E-state index contributed by atoms with van der Waals surface area (Å²) in [5.74, 6) is -2.92. The van der Waals surface area contributed by atoms with Crippen molar-refractivity contribution < 1.29 is 18.3 Å². The Labute approximate surface area is 99.9 Å². The fourth-order valence-corrected chi connectivity index (χ4v) is 1.82. The van der Waals surface area contributed by atoms with Crippen LogP contribution >= 0.6 is 0 Å². The highest BCUT2D eigenvalue weighted by Gasteiger charge is 2.45. The smallest absolute Gasteiger partial charge is 0.407 e. The molecule has 1 rings (SSSR count).